The lowest BCUT2D eigenvalue weighted by molar-refractivity contribution is -0.117. The first-order chi connectivity index (χ1) is 16.4. The first-order valence-electron chi connectivity index (χ1n) is 10.1. The zero-order chi connectivity index (χ0) is 24.2. The number of rotatable bonds is 5. The predicted molar refractivity (Wildman–Crippen MR) is 138 cm³/mol. The Kier molecular flexibility index (Phi) is 7.50. The predicted octanol–water partition coefficient (Wildman–Crippen LogP) is 6.71. The van der Waals surface area contributed by atoms with Gasteiger partial charge in [-0.3, -0.25) is 14.5 Å². The third-order valence-electron chi connectivity index (χ3n) is 5.01. The molecule has 3 aromatic carbocycles. The van der Waals surface area contributed by atoms with Gasteiger partial charge in [-0.05, 0) is 54.4 Å². The smallest absolute Gasteiger partial charge is 0.269 e. The molecule has 1 heterocycles. The van der Waals surface area contributed by atoms with Gasteiger partial charge in [-0.2, -0.15) is 5.26 Å². The summed E-state index contributed by atoms with van der Waals surface area (Å²) >= 11 is 19.3. The molecule has 0 spiro atoms. The lowest BCUT2D eigenvalue weighted by Crippen LogP contribution is -2.30. The van der Waals surface area contributed by atoms with Crippen molar-refractivity contribution in [3.8, 4) is 6.07 Å². The van der Waals surface area contributed by atoms with Gasteiger partial charge in [-0.15, -0.1) is 0 Å². The minimum Gasteiger partial charge on any atom is -0.321 e. The summed E-state index contributed by atoms with van der Waals surface area (Å²) in [5.41, 5.74) is 1.66. The quantitative estimate of drug-likeness (QED) is 0.295. The molecule has 0 aromatic heterocycles. The van der Waals surface area contributed by atoms with Crippen LogP contribution < -0.4 is 10.2 Å². The molecule has 1 N–H and O–H groups in total. The molecule has 3 aromatic rings. The van der Waals surface area contributed by atoms with Gasteiger partial charge in [0.2, 0.25) is 5.91 Å². The molecule has 34 heavy (non-hydrogen) atoms. The third kappa shape index (κ3) is 5.24. The highest BCUT2D eigenvalue weighted by atomic mass is 35.5. The van der Waals surface area contributed by atoms with E-state index in [4.69, 9.17) is 34.8 Å². The van der Waals surface area contributed by atoms with E-state index in [1.165, 1.54) is 16.7 Å². The SMILES string of the molecule is N#C/C(C(=O)Nc1cccc(Cl)c1)=C1/S[C@@H](Cc2ccc(Cl)c(Cl)c2)C(=O)N1c1ccccc1. The molecule has 0 unspecified atom stereocenters. The van der Waals surface area contributed by atoms with Gasteiger partial charge in [0.05, 0.1) is 15.3 Å². The first kappa shape index (κ1) is 24.2. The number of hydrogen-bond donors (Lipinski definition) is 1. The van der Waals surface area contributed by atoms with Crippen molar-refractivity contribution in [2.75, 3.05) is 10.2 Å². The molecule has 1 fully saturated rings. The van der Waals surface area contributed by atoms with Gasteiger partial charge < -0.3 is 5.32 Å². The van der Waals surface area contributed by atoms with Gasteiger partial charge in [0.1, 0.15) is 16.7 Å². The van der Waals surface area contributed by atoms with Crippen molar-refractivity contribution < 1.29 is 9.59 Å². The zero-order valence-corrected chi connectivity index (χ0v) is 20.6. The van der Waals surface area contributed by atoms with E-state index in [2.05, 4.69) is 5.32 Å². The molecule has 0 bridgehead atoms. The van der Waals surface area contributed by atoms with Crippen LogP contribution in [-0.4, -0.2) is 17.1 Å². The number of nitrogens with one attached hydrogen (secondary N) is 1. The summed E-state index contributed by atoms with van der Waals surface area (Å²) in [4.78, 5) is 27.9. The van der Waals surface area contributed by atoms with Crippen LogP contribution in [0.1, 0.15) is 5.56 Å². The van der Waals surface area contributed by atoms with E-state index in [0.717, 1.165) is 5.56 Å². The number of nitrogens with zero attached hydrogens (tertiary/aromatic N) is 2. The van der Waals surface area contributed by atoms with Gasteiger partial charge in [0.15, 0.2) is 0 Å². The second-order valence-corrected chi connectivity index (χ2v) is 9.77. The molecule has 0 saturated carbocycles. The van der Waals surface area contributed by atoms with Gasteiger partial charge in [-0.25, -0.2) is 0 Å². The molecule has 4 rings (SSSR count). The molecule has 2 amide bonds. The molecule has 1 atom stereocenters. The van der Waals surface area contributed by atoms with Crippen LogP contribution >= 0.6 is 46.6 Å². The van der Waals surface area contributed by atoms with Crippen molar-refractivity contribution in [1.29, 1.82) is 5.26 Å². The van der Waals surface area contributed by atoms with Crippen LogP contribution in [0, 0.1) is 11.3 Å². The fourth-order valence-electron chi connectivity index (χ4n) is 3.44. The average molecular weight is 529 g/mol. The first-order valence-corrected chi connectivity index (χ1v) is 12.1. The van der Waals surface area contributed by atoms with E-state index in [9.17, 15) is 14.9 Å². The Hall–Kier alpha value is -2.95. The lowest BCUT2D eigenvalue weighted by Gasteiger charge is -2.18. The molecule has 1 aliphatic heterocycles. The Labute approximate surface area is 215 Å². The highest BCUT2D eigenvalue weighted by Gasteiger charge is 2.40. The molecule has 170 valence electrons. The maximum atomic E-state index is 13.5. The van der Waals surface area contributed by atoms with Crippen molar-refractivity contribution in [2.45, 2.75) is 11.7 Å². The van der Waals surface area contributed by atoms with E-state index in [0.29, 0.717) is 32.9 Å². The molecule has 1 saturated heterocycles. The van der Waals surface area contributed by atoms with Crippen LogP contribution in [-0.2, 0) is 16.0 Å². The Morgan fingerprint density at radius 3 is 2.44 bits per heavy atom. The summed E-state index contributed by atoms with van der Waals surface area (Å²) < 4.78 is 0. The summed E-state index contributed by atoms with van der Waals surface area (Å²) in [5, 5.41) is 13.6. The number of carbonyl (C=O) groups is 2. The maximum Gasteiger partial charge on any atom is 0.269 e. The second kappa shape index (κ2) is 10.5. The Morgan fingerprint density at radius 1 is 1.00 bits per heavy atom. The van der Waals surface area contributed by atoms with Crippen LogP contribution in [0.2, 0.25) is 15.1 Å². The number of para-hydroxylation sites is 1. The number of hydrogen-bond acceptors (Lipinski definition) is 4. The normalized spacial score (nSPS) is 16.8. The maximum absolute atomic E-state index is 13.5. The van der Waals surface area contributed by atoms with Crippen molar-refractivity contribution in [1.82, 2.24) is 0 Å². The second-order valence-electron chi connectivity index (χ2n) is 7.32. The standard InChI is InChI=1S/C25H16Cl3N3O2S/c26-16-5-4-6-17(13-16)30-23(32)19(14-29)25-31(18-7-2-1-3-8-18)24(33)22(34-25)12-15-9-10-20(27)21(28)11-15/h1-11,13,22H,12H2,(H,30,32)/b25-19-/t22-/m0/s1. The van der Waals surface area contributed by atoms with Crippen LogP contribution in [0.5, 0.6) is 0 Å². The number of amides is 2. The number of thioether (sulfide) groups is 1. The Bertz CT molecular complexity index is 1340. The lowest BCUT2D eigenvalue weighted by atomic mass is 10.1. The van der Waals surface area contributed by atoms with Crippen molar-refractivity contribution in [2.24, 2.45) is 0 Å². The third-order valence-corrected chi connectivity index (χ3v) is 7.24. The highest BCUT2D eigenvalue weighted by molar-refractivity contribution is 8.05. The monoisotopic (exact) mass is 527 g/mol. The van der Waals surface area contributed by atoms with E-state index >= 15 is 0 Å². The van der Waals surface area contributed by atoms with E-state index in [-0.39, 0.29) is 16.5 Å². The molecular formula is C25H16Cl3N3O2S. The summed E-state index contributed by atoms with van der Waals surface area (Å²) in [6.45, 7) is 0. The number of anilines is 2. The summed E-state index contributed by atoms with van der Waals surface area (Å²) in [7, 11) is 0. The van der Waals surface area contributed by atoms with Crippen LogP contribution in [0.4, 0.5) is 11.4 Å². The minimum absolute atomic E-state index is 0.168. The number of benzene rings is 3. The molecular weight excluding hydrogens is 513 g/mol. The van der Waals surface area contributed by atoms with Crippen LogP contribution in [0.15, 0.2) is 83.4 Å². The van der Waals surface area contributed by atoms with Crippen molar-refractivity contribution >= 4 is 69.8 Å². The average Bonchev–Trinajstić information content (AvgIpc) is 3.13. The Balaban J connectivity index is 1.71. The van der Waals surface area contributed by atoms with E-state index < -0.39 is 11.2 Å². The van der Waals surface area contributed by atoms with Crippen LogP contribution in [0.25, 0.3) is 0 Å². The molecule has 0 radical (unpaired) electrons. The highest BCUT2D eigenvalue weighted by Crippen LogP contribution is 2.42. The van der Waals surface area contributed by atoms with Crippen LogP contribution in [0.3, 0.4) is 0 Å². The molecule has 1 aliphatic rings. The summed E-state index contributed by atoms with van der Waals surface area (Å²) in [6.07, 6.45) is 0.349. The fraction of sp³-hybridized carbons (Fsp3) is 0.0800. The molecule has 5 nitrogen and oxygen atoms in total. The summed E-state index contributed by atoms with van der Waals surface area (Å²) in [5.74, 6) is -0.864. The zero-order valence-electron chi connectivity index (χ0n) is 17.5. The Morgan fingerprint density at radius 2 is 1.76 bits per heavy atom. The molecule has 9 heteroatoms. The van der Waals surface area contributed by atoms with E-state index in [1.807, 2.05) is 12.1 Å². The van der Waals surface area contributed by atoms with Gasteiger partial charge in [-0.1, -0.05) is 76.9 Å². The van der Waals surface area contributed by atoms with Crippen molar-refractivity contribution in [3.05, 3.63) is 104 Å². The number of carbonyl (C=O) groups excluding carboxylic acids is 2. The topological polar surface area (TPSA) is 73.2 Å². The largest absolute Gasteiger partial charge is 0.321 e. The van der Waals surface area contributed by atoms with Crippen molar-refractivity contribution in [3.63, 3.8) is 0 Å². The summed E-state index contributed by atoms with van der Waals surface area (Å²) in [6, 6.07) is 22.7. The minimum atomic E-state index is -0.629. The number of nitriles is 1. The fourth-order valence-corrected chi connectivity index (χ4v) is 5.26. The van der Waals surface area contributed by atoms with E-state index in [1.54, 1.807) is 66.7 Å². The molecule has 0 aliphatic carbocycles. The van der Waals surface area contributed by atoms with Gasteiger partial charge in [0.25, 0.3) is 5.91 Å². The van der Waals surface area contributed by atoms with Gasteiger partial charge >= 0.3 is 0 Å². The van der Waals surface area contributed by atoms with Gasteiger partial charge in [0, 0.05) is 16.4 Å². The number of halogens is 3.